The summed E-state index contributed by atoms with van der Waals surface area (Å²) in [6, 6.07) is 8.59. The molecule has 24 heavy (non-hydrogen) atoms. The van der Waals surface area contributed by atoms with Crippen LogP contribution in [0.4, 0.5) is 24.8 Å². The highest BCUT2D eigenvalue weighted by Crippen LogP contribution is 2.36. The molecule has 0 saturated carbocycles. The summed E-state index contributed by atoms with van der Waals surface area (Å²) in [5.41, 5.74) is -0.0113. The zero-order chi connectivity index (χ0) is 17.7. The number of benzene rings is 1. The maximum atomic E-state index is 13.0. The molecular weight excluding hydrogens is 321 g/mol. The molecule has 0 bridgehead atoms. The fourth-order valence-electron chi connectivity index (χ4n) is 1.92. The molecule has 0 saturated heterocycles. The lowest BCUT2D eigenvalue weighted by Crippen LogP contribution is -2.17. The first-order valence-electron chi connectivity index (χ1n) is 7.17. The van der Waals surface area contributed by atoms with E-state index in [2.05, 4.69) is 9.97 Å². The smallest absolute Gasteiger partial charge is 0.423 e. The third kappa shape index (κ3) is 3.93. The lowest BCUT2D eigenvalue weighted by atomic mass is 10.2. The topological polar surface area (TPSA) is 62.0 Å². The van der Waals surface area contributed by atoms with Crippen molar-refractivity contribution in [2.24, 2.45) is 0 Å². The number of hydrogen-bond acceptors (Lipinski definition) is 5. The number of alkyl halides is 3. The van der Waals surface area contributed by atoms with Crippen LogP contribution < -0.4 is 9.64 Å². The highest BCUT2D eigenvalue weighted by atomic mass is 19.4. The second-order valence-electron chi connectivity index (χ2n) is 4.96. The lowest BCUT2D eigenvalue weighted by Gasteiger charge is -2.19. The maximum Gasteiger partial charge on any atom is 0.423 e. The first kappa shape index (κ1) is 17.5. The minimum Gasteiger partial charge on any atom is -0.477 e. The van der Waals surface area contributed by atoms with Gasteiger partial charge in [-0.2, -0.15) is 23.4 Å². The number of anilines is 2. The van der Waals surface area contributed by atoms with E-state index < -0.39 is 17.6 Å². The van der Waals surface area contributed by atoms with Crippen molar-refractivity contribution in [3.8, 4) is 11.9 Å². The summed E-state index contributed by atoms with van der Waals surface area (Å²) in [6.07, 6.45) is -3.34. The average molecular weight is 336 g/mol. The van der Waals surface area contributed by atoms with Crippen LogP contribution in [0.5, 0.6) is 5.88 Å². The second kappa shape index (κ2) is 7.17. The van der Waals surface area contributed by atoms with Gasteiger partial charge in [-0.05, 0) is 24.6 Å². The van der Waals surface area contributed by atoms with Crippen molar-refractivity contribution in [3.63, 3.8) is 0 Å². The van der Waals surface area contributed by atoms with Crippen LogP contribution in [0.25, 0.3) is 0 Å². The molecule has 1 aromatic carbocycles. The van der Waals surface area contributed by atoms with Gasteiger partial charge in [0.15, 0.2) is 0 Å². The molecule has 0 spiro atoms. The largest absolute Gasteiger partial charge is 0.477 e. The normalized spacial score (nSPS) is 11.0. The molecule has 0 atom stereocenters. The van der Waals surface area contributed by atoms with E-state index in [-0.39, 0.29) is 12.6 Å². The molecule has 2 rings (SSSR count). The van der Waals surface area contributed by atoms with Crippen molar-refractivity contribution in [1.82, 2.24) is 9.97 Å². The van der Waals surface area contributed by atoms with Crippen LogP contribution in [0, 0.1) is 11.3 Å². The molecule has 0 fully saturated rings. The van der Waals surface area contributed by atoms with Gasteiger partial charge in [0.05, 0.1) is 18.2 Å². The molecule has 0 radical (unpaired) electrons. The van der Waals surface area contributed by atoms with Crippen molar-refractivity contribution in [2.45, 2.75) is 19.5 Å². The number of aromatic nitrogens is 2. The fraction of sp³-hybridized carbons (Fsp3) is 0.312. The lowest BCUT2D eigenvalue weighted by molar-refractivity contribution is -0.139. The minimum atomic E-state index is -4.60. The summed E-state index contributed by atoms with van der Waals surface area (Å²) in [7, 11) is 1.60. The molecular formula is C16H15F3N4O. The molecule has 126 valence electrons. The highest BCUT2D eigenvalue weighted by molar-refractivity contribution is 5.59. The summed E-state index contributed by atoms with van der Waals surface area (Å²) >= 11 is 0. The third-order valence-corrected chi connectivity index (χ3v) is 3.15. The van der Waals surface area contributed by atoms with Crippen LogP contribution in [-0.2, 0) is 6.18 Å². The molecule has 1 heterocycles. The predicted octanol–water partition coefficient (Wildman–Crippen LogP) is 3.92. The standard InChI is InChI=1S/C16H15F3N4O/c1-3-7-24-14-13(16(17,18)19)10-21-15(22-14)23(2)12-6-4-5-11(8-12)9-20/h4-6,8,10H,3,7H2,1-2H3. The van der Waals surface area contributed by atoms with Gasteiger partial charge in [-0.1, -0.05) is 13.0 Å². The zero-order valence-electron chi connectivity index (χ0n) is 13.1. The van der Waals surface area contributed by atoms with Crippen molar-refractivity contribution in [3.05, 3.63) is 41.6 Å². The molecule has 0 amide bonds. The van der Waals surface area contributed by atoms with Gasteiger partial charge in [0.2, 0.25) is 11.8 Å². The Kier molecular flexibility index (Phi) is 5.24. The van der Waals surface area contributed by atoms with Gasteiger partial charge < -0.3 is 9.64 Å². The summed E-state index contributed by atoms with van der Waals surface area (Å²) in [5.74, 6) is -0.457. The molecule has 0 aliphatic rings. The quantitative estimate of drug-likeness (QED) is 0.828. The van der Waals surface area contributed by atoms with E-state index in [9.17, 15) is 13.2 Å². The van der Waals surface area contributed by atoms with E-state index in [4.69, 9.17) is 10.00 Å². The number of rotatable bonds is 5. The summed E-state index contributed by atoms with van der Waals surface area (Å²) in [6.45, 7) is 1.90. The van der Waals surface area contributed by atoms with Crippen molar-refractivity contribution >= 4 is 11.6 Å². The van der Waals surface area contributed by atoms with Gasteiger partial charge in [0, 0.05) is 18.9 Å². The predicted molar refractivity (Wildman–Crippen MR) is 82.0 cm³/mol. The Morgan fingerprint density at radius 2 is 2.08 bits per heavy atom. The van der Waals surface area contributed by atoms with E-state index in [0.29, 0.717) is 23.9 Å². The first-order chi connectivity index (χ1) is 11.4. The summed E-state index contributed by atoms with van der Waals surface area (Å²) in [5, 5.41) is 8.94. The van der Waals surface area contributed by atoms with Crippen molar-refractivity contribution in [1.29, 1.82) is 5.26 Å². The SMILES string of the molecule is CCCOc1nc(N(C)c2cccc(C#N)c2)ncc1C(F)(F)F. The molecule has 2 aromatic rings. The van der Waals surface area contributed by atoms with E-state index in [1.54, 1.807) is 38.2 Å². The van der Waals surface area contributed by atoms with Gasteiger partial charge in [-0.15, -0.1) is 0 Å². The second-order valence-corrected chi connectivity index (χ2v) is 4.96. The minimum absolute atomic E-state index is 0.0455. The molecule has 0 N–H and O–H groups in total. The zero-order valence-corrected chi connectivity index (χ0v) is 13.1. The van der Waals surface area contributed by atoms with Gasteiger partial charge in [0.1, 0.15) is 5.56 Å². The van der Waals surface area contributed by atoms with E-state index in [0.717, 1.165) is 0 Å². The van der Waals surface area contributed by atoms with Crippen LogP contribution in [0.2, 0.25) is 0 Å². The Labute approximate surface area is 137 Å². The number of nitriles is 1. The Morgan fingerprint density at radius 3 is 2.71 bits per heavy atom. The van der Waals surface area contributed by atoms with Crippen LogP contribution >= 0.6 is 0 Å². The molecule has 0 aliphatic carbocycles. The molecule has 8 heteroatoms. The number of nitrogens with zero attached hydrogens (tertiary/aromatic N) is 4. The summed E-state index contributed by atoms with van der Waals surface area (Å²) < 4.78 is 44.2. The van der Waals surface area contributed by atoms with E-state index in [1.807, 2.05) is 6.07 Å². The summed E-state index contributed by atoms with van der Waals surface area (Å²) in [4.78, 5) is 9.16. The molecule has 0 aliphatic heterocycles. The Balaban J connectivity index is 2.41. The molecule has 1 aromatic heterocycles. The number of hydrogen-bond donors (Lipinski definition) is 0. The maximum absolute atomic E-state index is 13.0. The first-order valence-corrected chi connectivity index (χ1v) is 7.17. The highest BCUT2D eigenvalue weighted by Gasteiger charge is 2.36. The number of ether oxygens (including phenoxy) is 1. The van der Waals surface area contributed by atoms with Crippen LogP contribution in [0.3, 0.4) is 0 Å². The Hall–Kier alpha value is -2.82. The van der Waals surface area contributed by atoms with Crippen LogP contribution in [-0.4, -0.2) is 23.6 Å². The van der Waals surface area contributed by atoms with Gasteiger partial charge in [-0.25, -0.2) is 4.98 Å². The van der Waals surface area contributed by atoms with E-state index >= 15 is 0 Å². The van der Waals surface area contributed by atoms with Crippen LogP contribution in [0.15, 0.2) is 30.5 Å². The van der Waals surface area contributed by atoms with Crippen molar-refractivity contribution < 1.29 is 17.9 Å². The third-order valence-electron chi connectivity index (χ3n) is 3.15. The monoisotopic (exact) mass is 336 g/mol. The Bertz CT molecular complexity index is 756. The van der Waals surface area contributed by atoms with Crippen LogP contribution in [0.1, 0.15) is 24.5 Å². The molecule has 5 nitrogen and oxygen atoms in total. The average Bonchev–Trinajstić information content (AvgIpc) is 2.58. The van der Waals surface area contributed by atoms with Gasteiger partial charge >= 0.3 is 6.18 Å². The number of halogens is 3. The van der Waals surface area contributed by atoms with Gasteiger partial charge in [-0.3, -0.25) is 0 Å². The van der Waals surface area contributed by atoms with Crippen molar-refractivity contribution in [2.75, 3.05) is 18.6 Å². The fourth-order valence-corrected chi connectivity index (χ4v) is 1.92. The van der Waals surface area contributed by atoms with E-state index in [1.165, 1.54) is 4.90 Å². The molecule has 0 unspecified atom stereocenters. The van der Waals surface area contributed by atoms with Gasteiger partial charge in [0.25, 0.3) is 0 Å². The Morgan fingerprint density at radius 1 is 1.33 bits per heavy atom.